The molecule has 0 saturated carbocycles. The van der Waals surface area contributed by atoms with Gasteiger partial charge in [-0.2, -0.15) is 0 Å². The third kappa shape index (κ3) is 3.69. The van der Waals surface area contributed by atoms with E-state index in [4.69, 9.17) is 4.74 Å². The molecule has 1 aliphatic rings. The third-order valence-corrected chi connectivity index (χ3v) is 3.91. The largest absolute Gasteiger partial charge is 0.469 e. The number of rotatable bonds is 3. The van der Waals surface area contributed by atoms with Crippen LogP contribution >= 0.6 is 0 Å². The number of carbonyl (C=O) groups is 1. The van der Waals surface area contributed by atoms with E-state index in [0.717, 1.165) is 19.5 Å². The van der Waals surface area contributed by atoms with Crippen molar-refractivity contribution in [3.05, 3.63) is 0 Å². The van der Waals surface area contributed by atoms with Gasteiger partial charge in [-0.05, 0) is 47.7 Å². The summed E-state index contributed by atoms with van der Waals surface area (Å²) in [6, 6.07) is 0.668. The highest BCUT2D eigenvalue weighted by molar-refractivity contribution is 5.70. The molecule has 18 heavy (non-hydrogen) atoms. The van der Waals surface area contributed by atoms with Crippen molar-refractivity contribution in [3.63, 3.8) is 0 Å². The molecule has 1 saturated heterocycles. The van der Waals surface area contributed by atoms with Crippen molar-refractivity contribution in [2.45, 2.75) is 58.2 Å². The lowest BCUT2D eigenvalue weighted by Gasteiger charge is -2.44. The molecule has 4 heteroatoms. The average molecular weight is 256 g/mol. The smallest absolute Gasteiger partial charge is 0.307 e. The van der Waals surface area contributed by atoms with Crippen molar-refractivity contribution in [1.82, 2.24) is 9.80 Å². The van der Waals surface area contributed by atoms with Crippen molar-refractivity contribution in [1.29, 1.82) is 0 Å². The molecule has 1 unspecified atom stereocenters. The molecule has 0 spiro atoms. The first-order valence-electron chi connectivity index (χ1n) is 6.81. The molecule has 0 amide bonds. The Morgan fingerprint density at radius 1 is 1.44 bits per heavy atom. The number of ether oxygens (including phenoxy) is 1. The van der Waals surface area contributed by atoms with E-state index in [-0.39, 0.29) is 17.6 Å². The van der Waals surface area contributed by atoms with Crippen LogP contribution in [0.5, 0.6) is 0 Å². The van der Waals surface area contributed by atoms with Crippen LogP contribution in [0.4, 0.5) is 0 Å². The topological polar surface area (TPSA) is 32.8 Å². The molecule has 106 valence electrons. The predicted molar refractivity (Wildman–Crippen MR) is 73.6 cm³/mol. The second-order valence-electron chi connectivity index (χ2n) is 6.26. The first kappa shape index (κ1) is 15.4. The van der Waals surface area contributed by atoms with Crippen LogP contribution in [-0.4, -0.2) is 60.6 Å². The van der Waals surface area contributed by atoms with Gasteiger partial charge in [0, 0.05) is 24.2 Å². The number of hydrogen-bond donors (Lipinski definition) is 0. The summed E-state index contributed by atoms with van der Waals surface area (Å²) >= 11 is 0. The van der Waals surface area contributed by atoms with Crippen molar-refractivity contribution >= 4 is 5.97 Å². The standard InChI is InChI=1S/C14H28N2O2/c1-11(2)16-12(9-13(17)18-6)10-15(5)8-7-14(16,3)4/h11-12H,7-10H2,1-6H3. The van der Waals surface area contributed by atoms with Crippen molar-refractivity contribution in [2.24, 2.45) is 0 Å². The van der Waals surface area contributed by atoms with Crippen LogP contribution in [0.3, 0.4) is 0 Å². The molecular formula is C14H28N2O2. The predicted octanol–water partition coefficient (Wildman–Crippen LogP) is 1.74. The lowest BCUT2D eigenvalue weighted by Crippen LogP contribution is -2.54. The zero-order valence-corrected chi connectivity index (χ0v) is 12.7. The molecule has 1 rings (SSSR count). The monoisotopic (exact) mass is 256 g/mol. The van der Waals surface area contributed by atoms with Gasteiger partial charge in [-0.3, -0.25) is 9.69 Å². The number of esters is 1. The minimum Gasteiger partial charge on any atom is -0.469 e. The van der Waals surface area contributed by atoms with Gasteiger partial charge in [0.1, 0.15) is 0 Å². The molecular weight excluding hydrogens is 228 g/mol. The van der Waals surface area contributed by atoms with E-state index < -0.39 is 0 Å². The highest BCUT2D eigenvalue weighted by atomic mass is 16.5. The van der Waals surface area contributed by atoms with Gasteiger partial charge >= 0.3 is 5.97 Å². The Hall–Kier alpha value is -0.610. The third-order valence-electron chi connectivity index (χ3n) is 3.91. The normalized spacial score (nSPS) is 26.1. The zero-order valence-electron chi connectivity index (χ0n) is 12.7. The molecule has 0 aromatic carbocycles. The van der Waals surface area contributed by atoms with Crippen LogP contribution in [0.15, 0.2) is 0 Å². The molecule has 0 aliphatic carbocycles. The van der Waals surface area contributed by atoms with E-state index >= 15 is 0 Å². The molecule has 0 N–H and O–H groups in total. The van der Waals surface area contributed by atoms with Gasteiger partial charge in [0.25, 0.3) is 0 Å². The molecule has 1 aliphatic heterocycles. The maximum absolute atomic E-state index is 11.6. The Labute approximate surface area is 111 Å². The van der Waals surface area contributed by atoms with Crippen LogP contribution in [-0.2, 0) is 9.53 Å². The first-order valence-corrected chi connectivity index (χ1v) is 6.81. The Kier molecular flexibility index (Phi) is 5.17. The summed E-state index contributed by atoms with van der Waals surface area (Å²) in [6.45, 7) is 11.0. The van der Waals surface area contributed by atoms with Crippen LogP contribution < -0.4 is 0 Å². The number of likely N-dealkylation sites (N-methyl/N-ethyl adjacent to an activating group) is 1. The van der Waals surface area contributed by atoms with Crippen LogP contribution in [0, 0.1) is 0 Å². The maximum Gasteiger partial charge on any atom is 0.307 e. The van der Waals surface area contributed by atoms with Gasteiger partial charge in [-0.15, -0.1) is 0 Å². The summed E-state index contributed by atoms with van der Waals surface area (Å²) in [5.41, 5.74) is 0.123. The van der Waals surface area contributed by atoms with Crippen LogP contribution in [0.2, 0.25) is 0 Å². The minimum atomic E-state index is -0.114. The van der Waals surface area contributed by atoms with Crippen LogP contribution in [0.1, 0.15) is 40.5 Å². The van der Waals surface area contributed by atoms with E-state index in [0.29, 0.717) is 12.5 Å². The number of hydrogen-bond acceptors (Lipinski definition) is 4. The van der Waals surface area contributed by atoms with Crippen LogP contribution in [0.25, 0.3) is 0 Å². The summed E-state index contributed by atoms with van der Waals surface area (Å²) in [6.07, 6.45) is 1.60. The Bertz CT molecular complexity index is 290. The van der Waals surface area contributed by atoms with Gasteiger partial charge in [0.15, 0.2) is 0 Å². The number of nitrogens with zero attached hydrogens (tertiary/aromatic N) is 2. The van der Waals surface area contributed by atoms with E-state index in [9.17, 15) is 4.79 Å². The molecule has 1 heterocycles. The van der Waals surface area contributed by atoms with E-state index in [1.54, 1.807) is 0 Å². The molecule has 0 aromatic heterocycles. The first-order chi connectivity index (χ1) is 8.27. The van der Waals surface area contributed by atoms with Gasteiger partial charge in [-0.1, -0.05) is 0 Å². The Morgan fingerprint density at radius 3 is 2.56 bits per heavy atom. The fourth-order valence-electron chi connectivity index (χ4n) is 3.19. The number of carbonyl (C=O) groups excluding carboxylic acids is 1. The summed E-state index contributed by atoms with van der Waals surface area (Å²) in [5.74, 6) is -0.114. The highest BCUT2D eigenvalue weighted by Crippen LogP contribution is 2.29. The number of methoxy groups -OCH3 is 1. The second kappa shape index (κ2) is 6.02. The molecule has 1 atom stereocenters. The summed E-state index contributed by atoms with van der Waals surface area (Å²) in [7, 11) is 3.60. The summed E-state index contributed by atoms with van der Waals surface area (Å²) < 4.78 is 4.84. The van der Waals surface area contributed by atoms with E-state index in [1.807, 2.05) is 0 Å². The summed E-state index contributed by atoms with van der Waals surface area (Å²) in [4.78, 5) is 16.4. The SMILES string of the molecule is COC(=O)CC1CN(C)CCC(C)(C)N1C(C)C. The summed E-state index contributed by atoms with van der Waals surface area (Å²) in [5, 5.41) is 0. The minimum absolute atomic E-state index is 0.114. The quantitative estimate of drug-likeness (QED) is 0.720. The van der Waals surface area contributed by atoms with Gasteiger partial charge in [-0.25, -0.2) is 0 Å². The average Bonchev–Trinajstić information content (AvgIpc) is 2.35. The van der Waals surface area contributed by atoms with Gasteiger partial charge in [0.05, 0.1) is 13.5 Å². The fourth-order valence-corrected chi connectivity index (χ4v) is 3.19. The highest BCUT2D eigenvalue weighted by Gasteiger charge is 2.38. The lowest BCUT2D eigenvalue weighted by molar-refractivity contribution is -0.142. The maximum atomic E-state index is 11.6. The molecule has 0 radical (unpaired) electrons. The van der Waals surface area contributed by atoms with Gasteiger partial charge < -0.3 is 9.64 Å². The Balaban J connectivity index is 2.94. The zero-order chi connectivity index (χ0) is 13.9. The molecule has 4 nitrogen and oxygen atoms in total. The van der Waals surface area contributed by atoms with E-state index in [2.05, 4.69) is 44.5 Å². The fraction of sp³-hybridized carbons (Fsp3) is 0.929. The lowest BCUT2D eigenvalue weighted by atomic mass is 9.94. The Morgan fingerprint density at radius 2 is 2.06 bits per heavy atom. The van der Waals surface area contributed by atoms with Crippen molar-refractivity contribution in [3.8, 4) is 0 Å². The van der Waals surface area contributed by atoms with Crippen molar-refractivity contribution < 1.29 is 9.53 Å². The molecule has 0 aromatic rings. The second-order valence-corrected chi connectivity index (χ2v) is 6.26. The van der Waals surface area contributed by atoms with E-state index in [1.165, 1.54) is 7.11 Å². The van der Waals surface area contributed by atoms with Gasteiger partial charge in [0.2, 0.25) is 0 Å². The van der Waals surface area contributed by atoms with Crippen molar-refractivity contribution in [2.75, 3.05) is 27.2 Å². The molecule has 1 fully saturated rings. The molecule has 0 bridgehead atoms.